The quantitative estimate of drug-likeness (QED) is 0.883. The van der Waals surface area contributed by atoms with Gasteiger partial charge in [0.1, 0.15) is 0 Å². The molecule has 0 saturated carbocycles. The van der Waals surface area contributed by atoms with Crippen molar-refractivity contribution in [3.8, 4) is 0 Å². The van der Waals surface area contributed by atoms with Crippen LogP contribution in [0.4, 0.5) is 5.69 Å². The Balaban J connectivity index is 1.99. The first-order valence-corrected chi connectivity index (χ1v) is 6.82. The standard InChI is InChI=1S/C18H18N2/c19-16-11-13-18(14-12-16,15-7-3-1-4-8-15)20-17-9-5-2-6-10-17/h1-13,20H,14,19H2. The number of hydrogen-bond donors (Lipinski definition) is 2. The maximum atomic E-state index is 5.87. The van der Waals surface area contributed by atoms with Gasteiger partial charge in [-0.3, -0.25) is 0 Å². The number of anilines is 1. The highest BCUT2D eigenvalue weighted by atomic mass is 15.0. The van der Waals surface area contributed by atoms with Crippen molar-refractivity contribution in [2.45, 2.75) is 12.0 Å². The second-order valence-corrected chi connectivity index (χ2v) is 5.07. The molecular formula is C18H18N2. The monoisotopic (exact) mass is 262 g/mol. The molecule has 2 aromatic rings. The maximum absolute atomic E-state index is 5.87. The van der Waals surface area contributed by atoms with Gasteiger partial charge in [0, 0.05) is 11.4 Å². The molecule has 0 bridgehead atoms. The van der Waals surface area contributed by atoms with Crippen LogP contribution in [0, 0.1) is 0 Å². The Bertz CT molecular complexity index is 629. The summed E-state index contributed by atoms with van der Waals surface area (Å²) in [6, 6.07) is 20.7. The Labute approximate surface area is 119 Å². The molecule has 2 aromatic carbocycles. The molecule has 0 saturated heterocycles. The lowest BCUT2D eigenvalue weighted by molar-refractivity contribution is 0.614. The van der Waals surface area contributed by atoms with Crippen LogP contribution in [0.5, 0.6) is 0 Å². The molecule has 0 amide bonds. The van der Waals surface area contributed by atoms with Crippen LogP contribution in [-0.4, -0.2) is 0 Å². The number of allylic oxidation sites excluding steroid dienone is 1. The minimum Gasteiger partial charge on any atom is -0.399 e. The van der Waals surface area contributed by atoms with Crippen molar-refractivity contribution < 1.29 is 0 Å². The molecule has 0 fully saturated rings. The van der Waals surface area contributed by atoms with Crippen LogP contribution in [0.1, 0.15) is 12.0 Å². The predicted octanol–water partition coefficient (Wildman–Crippen LogP) is 3.80. The van der Waals surface area contributed by atoms with Gasteiger partial charge in [-0.1, -0.05) is 60.7 Å². The molecule has 0 aliphatic heterocycles. The fourth-order valence-electron chi connectivity index (χ4n) is 2.55. The minimum absolute atomic E-state index is 0.231. The number of hydrogen-bond acceptors (Lipinski definition) is 2. The van der Waals surface area contributed by atoms with Crippen LogP contribution in [0.2, 0.25) is 0 Å². The first-order valence-electron chi connectivity index (χ1n) is 6.82. The highest BCUT2D eigenvalue weighted by Gasteiger charge is 2.29. The largest absolute Gasteiger partial charge is 0.399 e. The smallest absolute Gasteiger partial charge is 0.0848 e. The SMILES string of the molecule is NC1=CCC(Nc2ccccc2)(c2ccccc2)C=C1. The Hall–Kier alpha value is -2.48. The van der Waals surface area contributed by atoms with Gasteiger partial charge in [0.15, 0.2) is 0 Å². The van der Waals surface area contributed by atoms with Crippen molar-refractivity contribution in [2.75, 3.05) is 5.32 Å². The van der Waals surface area contributed by atoms with Crippen LogP contribution >= 0.6 is 0 Å². The fourth-order valence-corrected chi connectivity index (χ4v) is 2.55. The average molecular weight is 262 g/mol. The number of benzene rings is 2. The lowest BCUT2D eigenvalue weighted by Crippen LogP contribution is -2.34. The van der Waals surface area contributed by atoms with Crippen LogP contribution in [0.25, 0.3) is 0 Å². The Morgan fingerprint density at radius 2 is 1.55 bits per heavy atom. The van der Waals surface area contributed by atoms with E-state index in [4.69, 9.17) is 5.73 Å². The number of rotatable bonds is 3. The van der Waals surface area contributed by atoms with Crippen molar-refractivity contribution in [1.82, 2.24) is 0 Å². The lowest BCUT2D eigenvalue weighted by Gasteiger charge is -2.34. The molecule has 1 aliphatic carbocycles. The summed E-state index contributed by atoms with van der Waals surface area (Å²) >= 11 is 0. The lowest BCUT2D eigenvalue weighted by atomic mass is 9.83. The molecule has 3 rings (SSSR count). The van der Waals surface area contributed by atoms with Gasteiger partial charge in [0.05, 0.1) is 5.54 Å². The van der Waals surface area contributed by atoms with Crippen molar-refractivity contribution in [3.05, 3.63) is 90.2 Å². The molecule has 0 radical (unpaired) electrons. The summed E-state index contributed by atoms with van der Waals surface area (Å²) in [6.45, 7) is 0. The van der Waals surface area contributed by atoms with Crippen LogP contribution in [0.3, 0.4) is 0 Å². The Kier molecular flexibility index (Phi) is 3.30. The van der Waals surface area contributed by atoms with Gasteiger partial charge >= 0.3 is 0 Å². The van der Waals surface area contributed by atoms with Gasteiger partial charge in [-0.2, -0.15) is 0 Å². The summed E-state index contributed by atoms with van der Waals surface area (Å²) < 4.78 is 0. The van der Waals surface area contributed by atoms with E-state index < -0.39 is 0 Å². The molecule has 3 N–H and O–H groups in total. The third kappa shape index (κ3) is 2.45. The maximum Gasteiger partial charge on any atom is 0.0848 e. The van der Waals surface area contributed by atoms with Gasteiger partial charge in [0.25, 0.3) is 0 Å². The summed E-state index contributed by atoms with van der Waals surface area (Å²) in [6.07, 6.45) is 7.05. The van der Waals surface area contributed by atoms with Crippen LogP contribution < -0.4 is 11.1 Å². The molecule has 0 spiro atoms. The van der Waals surface area contributed by atoms with Crippen molar-refractivity contribution in [2.24, 2.45) is 5.73 Å². The van der Waals surface area contributed by atoms with Crippen LogP contribution in [-0.2, 0) is 5.54 Å². The van der Waals surface area contributed by atoms with Crippen molar-refractivity contribution in [1.29, 1.82) is 0 Å². The second kappa shape index (κ2) is 5.25. The van der Waals surface area contributed by atoms with E-state index in [9.17, 15) is 0 Å². The molecule has 2 heteroatoms. The molecule has 2 nitrogen and oxygen atoms in total. The fraction of sp³-hybridized carbons (Fsp3) is 0.111. The zero-order chi connectivity index (χ0) is 13.8. The molecule has 0 heterocycles. The molecule has 1 unspecified atom stereocenters. The highest BCUT2D eigenvalue weighted by molar-refractivity contribution is 5.52. The van der Waals surface area contributed by atoms with Gasteiger partial charge in [-0.25, -0.2) is 0 Å². The minimum atomic E-state index is -0.231. The van der Waals surface area contributed by atoms with Crippen LogP contribution in [0.15, 0.2) is 84.6 Å². The van der Waals surface area contributed by atoms with Crippen molar-refractivity contribution >= 4 is 5.69 Å². The Morgan fingerprint density at radius 1 is 0.900 bits per heavy atom. The second-order valence-electron chi connectivity index (χ2n) is 5.07. The topological polar surface area (TPSA) is 38.0 Å². The summed E-state index contributed by atoms with van der Waals surface area (Å²) in [5, 5.41) is 3.64. The zero-order valence-corrected chi connectivity index (χ0v) is 11.3. The summed E-state index contributed by atoms with van der Waals surface area (Å²) in [4.78, 5) is 0. The van der Waals surface area contributed by atoms with E-state index in [1.165, 1.54) is 5.56 Å². The predicted molar refractivity (Wildman–Crippen MR) is 84.2 cm³/mol. The number of nitrogens with two attached hydrogens (primary N) is 1. The van der Waals surface area contributed by atoms with E-state index in [2.05, 4.69) is 53.9 Å². The van der Waals surface area contributed by atoms with Crippen molar-refractivity contribution in [3.63, 3.8) is 0 Å². The first-order chi connectivity index (χ1) is 9.78. The van der Waals surface area contributed by atoms with E-state index in [0.717, 1.165) is 17.8 Å². The third-order valence-corrected chi connectivity index (χ3v) is 3.65. The Morgan fingerprint density at radius 3 is 2.15 bits per heavy atom. The first kappa shape index (κ1) is 12.5. The van der Waals surface area contributed by atoms with Gasteiger partial charge in [0.2, 0.25) is 0 Å². The number of para-hydroxylation sites is 1. The van der Waals surface area contributed by atoms with E-state index in [1.807, 2.05) is 30.3 Å². The van der Waals surface area contributed by atoms with E-state index in [0.29, 0.717) is 0 Å². The molecular weight excluding hydrogens is 244 g/mol. The van der Waals surface area contributed by atoms with E-state index >= 15 is 0 Å². The van der Waals surface area contributed by atoms with Gasteiger partial charge in [-0.05, 0) is 30.2 Å². The van der Waals surface area contributed by atoms with E-state index in [-0.39, 0.29) is 5.54 Å². The normalized spacial score (nSPS) is 21.3. The number of nitrogens with one attached hydrogen (secondary N) is 1. The molecule has 100 valence electrons. The summed E-state index contributed by atoms with van der Waals surface area (Å²) in [5.41, 5.74) is 8.81. The van der Waals surface area contributed by atoms with Gasteiger partial charge < -0.3 is 11.1 Å². The van der Waals surface area contributed by atoms with Gasteiger partial charge in [-0.15, -0.1) is 0 Å². The molecule has 0 aromatic heterocycles. The van der Waals surface area contributed by atoms with E-state index in [1.54, 1.807) is 0 Å². The summed E-state index contributed by atoms with van der Waals surface area (Å²) in [5.74, 6) is 0. The molecule has 1 aliphatic rings. The highest BCUT2D eigenvalue weighted by Crippen LogP contribution is 2.34. The molecule has 20 heavy (non-hydrogen) atoms. The zero-order valence-electron chi connectivity index (χ0n) is 11.3. The molecule has 1 atom stereocenters. The average Bonchev–Trinajstić information content (AvgIpc) is 2.52. The summed E-state index contributed by atoms with van der Waals surface area (Å²) in [7, 11) is 0. The third-order valence-electron chi connectivity index (χ3n) is 3.65.